The molecule has 0 spiro atoms. The molecule has 5 N–H and O–H groups in total. The maximum absolute atomic E-state index is 6.32. The van der Waals surface area contributed by atoms with Crippen molar-refractivity contribution in [1.82, 2.24) is 15.3 Å². The summed E-state index contributed by atoms with van der Waals surface area (Å²) in [5, 5.41) is 3.38. The molecule has 0 unspecified atom stereocenters. The molecule has 1 aliphatic heterocycles. The number of hydrogen-bond donors (Lipinski definition) is 3. The molecule has 1 saturated heterocycles. The van der Waals surface area contributed by atoms with Crippen molar-refractivity contribution in [2.45, 2.75) is 19.3 Å². The molecule has 0 saturated carbocycles. The van der Waals surface area contributed by atoms with E-state index in [-0.39, 0.29) is 0 Å². The van der Waals surface area contributed by atoms with Gasteiger partial charge in [-0.15, -0.1) is 0 Å². The Kier molecular flexibility index (Phi) is 5.39. The number of ether oxygens (including phenoxy) is 1. The zero-order valence-electron chi connectivity index (χ0n) is 15.8. The Morgan fingerprint density at radius 2 is 1.54 bits per heavy atom. The van der Waals surface area contributed by atoms with Crippen molar-refractivity contribution < 1.29 is 4.74 Å². The largest absolute Gasteiger partial charge is 0.457 e. The fourth-order valence-corrected chi connectivity index (χ4v) is 3.64. The molecule has 6 heteroatoms. The molecular weight excluding hydrogens is 350 g/mol. The zero-order chi connectivity index (χ0) is 19.3. The molecule has 1 fully saturated rings. The summed E-state index contributed by atoms with van der Waals surface area (Å²) in [6, 6.07) is 17.3. The third kappa shape index (κ3) is 4.07. The minimum absolute atomic E-state index is 0.389. The molecule has 6 nitrogen and oxygen atoms in total. The Bertz CT molecular complexity index is 916. The SMILES string of the molecule is Nc1nc(CC2CCNCC2)nc(N)c1-c1ccccc1Oc1ccccc1. The minimum atomic E-state index is 0.389. The van der Waals surface area contributed by atoms with Crippen molar-refractivity contribution in [2.75, 3.05) is 24.6 Å². The smallest absolute Gasteiger partial charge is 0.137 e. The predicted octanol–water partition coefficient (Wildman–Crippen LogP) is 3.64. The van der Waals surface area contributed by atoms with Crippen LogP contribution in [0.3, 0.4) is 0 Å². The van der Waals surface area contributed by atoms with Gasteiger partial charge in [0, 0.05) is 12.0 Å². The maximum atomic E-state index is 6.32. The summed E-state index contributed by atoms with van der Waals surface area (Å²) in [5.41, 5.74) is 14.1. The minimum Gasteiger partial charge on any atom is -0.457 e. The number of rotatable bonds is 5. The third-order valence-corrected chi connectivity index (χ3v) is 5.07. The first-order chi connectivity index (χ1) is 13.7. The van der Waals surface area contributed by atoms with Crippen molar-refractivity contribution >= 4 is 11.6 Å². The van der Waals surface area contributed by atoms with Gasteiger partial charge in [0.1, 0.15) is 29.0 Å². The van der Waals surface area contributed by atoms with E-state index in [1.807, 2.05) is 54.6 Å². The van der Waals surface area contributed by atoms with Gasteiger partial charge in [-0.3, -0.25) is 0 Å². The maximum Gasteiger partial charge on any atom is 0.137 e. The first-order valence-corrected chi connectivity index (χ1v) is 9.65. The second-order valence-corrected chi connectivity index (χ2v) is 7.09. The molecule has 144 valence electrons. The topological polar surface area (TPSA) is 99.1 Å². The van der Waals surface area contributed by atoms with Crippen LogP contribution in [0.2, 0.25) is 0 Å². The van der Waals surface area contributed by atoms with Crippen LogP contribution in [0.25, 0.3) is 11.1 Å². The van der Waals surface area contributed by atoms with Gasteiger partial charge in [0.15, 0.2) is 0 Å². The Morgan fingerprint density at radius 1 is 0.893 bits per heavy atom. The number of aromatic nitrogens is 2. The lowest BCUT2D eigenvalue weighted by Gasteiger charge is -2.22. The average Bonchev–Trinajstić information content (AvgIpc) is 2.70. The van der Waals surface area contributed by atoms with Crippen LogP contribution in [-0.2, 0) is 6.42 Å². The number of nitrogens with zero attached hydrogens (tertiary/aromatic N) is 2. The van der Waals surface area contributed by atoms with E-state index in [1.54, 1.807) is 0 Å². The van der Waals surface area contributed by atoms with E-state index < -0.39 is 0 Å². The standard InChI is InChI=1S/C22H25N5O/c23-21-20(22(24)27-19(26-21)14-15-10-12-25-13-11-15)17-8-4-5-9-18(17)28-16-6-2-1-3-7-16/h1-9,15,25H,10-14H2,(H4,23,24,26,27). The molecule has 2 heterocycles. The molecule has 28 heavy (non-hydrogen) atoms. The van der Waals surface area contributed by atoms with Crippen LogP contribution < -0.4 is 21.5 Å². The van der Waals surface area contributed by atoms with E-state index >= 15 is 0 Å². The second-order valence-electron chi connectivity index (χ2n) is 7.09. The number of nitrogens with two attached hydrogens (primary N) is 2. The first kappa shape index (κ1) is 18.3. The fraction of sp³-hybridized carbons (Fsp3) is 0.273. The molecular formula is C22H25N5O. The quantitative estimate of drug-likeness (QED) is 0.630. The molecule has 0 aliphatic carbocycles. The van der Waals surface area contributed by atoms with Crippen LogP contribution in [0.15, 0.2) is 54.6 Å². The summed E-state index contributed by atoms with van der Waals surface area (Å²) in [6.45, 7) is 2.08. The van der Waals surface area contributed by atoms with E-state index in [9.17, 15) is 0 Å². The lowest BCUT2D eigenvalue weighted by Crippen LogP contribution is -2.29. The summed E-state index contributed by atoms with van der Waals surface area (Å²) < 4.78 is 6.05. The van der Waals surface area contributed by atoms with Gasteiger partial charge < -0.3 is 21.5 Å². The van der Waals surface area contributed by atoms with Gasteiger partial charge in [-0.1, -0.05) is 36.4 Å². The van der Waals surface area contributed by atoms with Crippen LogP contribution >= 0.6 is 0 Å². The van der Waals surface area contributed by atoms with E-state index in [2.05, 4.69) is 15.3 Å². The number of hydrogen-bond acceptors (Lipinski definition) is 6. The molecule has 1 aliphatic rings. The third-order valence-electron chi connectivity index (χ3n) is 5.07. The van der Waals surface area contributed by atoms with Crippen LogP contribution in [0.5, 0.6) is 11.5 Å². The van der Waals surface area contributed by atoms with Crippen LogP contribution in [0.4, 0.5) is 11.6 Å². The molecule has 0 bridgehead atoms. The number of para-hydroxylation sites is 2. The summed E-state index contributed by atoms with van der Waals surface area (Å²) in [5.74, 6) is 3.48. The highest BCUT2D eigenvalue weighted by Gasteiger charge is 2.19. The summed E-state index contributed by atoms with van der Waals surface area (Å²) in [4.78, 5) is 9.13. The van der Waals surface area contributed by atoms with E-state index in [0.29, 0.717) is 34.7 Å². The Balaban J connectivity index is 1.64. The predicted molar refractivity (Wildman–Crippen MR) is 112 cm³/mol. The fourth-order valence-electron chi connectivity index (χ4n) is 3.64. The molecule has 1 aromatic heterocycles. The lowest BCUT2D eigenvalue weighted by molar-refractivity contribution is 0.367. The van der Waals surface area contributed by atoms with Gasteiger partial charge in [-0.05, 0) is 50.0 Å². The average molecular weight is 375 g/mol. The highest BCUT2D eigenvalue weighted by atomic mass is 16.5. The summed E-state index contributed by atoms with van der Waals surface area (Å²) in [7, 11) is 0. The van der Waals surface area contributed by atoms with E-state index in [4.69, 9.17) is 16.2 Å². The van der Waals surface area contributed by atoms with Gasteiger partial charge in [-0.25, -0.2) is 9.97 Å². The van der Waals surface area contributed by atoms with Gasteiger partial charge >= 0.3 is 0 Å². The van der Waals surface area contributed by atoms with Gasteiger partial charge in [-0.2, -0.15) is 0 Å². The molecule has 4 rings (SSSR count). The van der Waals surface area contributed by atoms with Crippen LogP contribution in [-0.4, -0.2) is 23.1 Å². The van der Waals surface area contributed by atoms with Gasteiger partial charge in [0.2, 0.25) is 0 Å². The number of anilines is 2. The summed E-state index contributed by atoms with van der Waals surface area (Å²) >= 11 is 0. The molecule has 0 radical (unpaired) electrons. The van der Waals surface area contributed by atoms with Crippen molar-refractivity contribution in [3.8, 4) is 22.6 Å². The van der Waals surface area contributed by atoms with Crippen molar-refractivity contribution in [1.29, 1.82) is 0 Å². The molecule has 2 aromatic carbocycles. The van der Waals surface area contributed by atoms with Gasteiger partial charge in [0.05, 0.1) is 5.56 Å². The number of nitrogens with one attached hydrogen (secondary N) is 1. The van der Waals surface area contributed by atoms with Crippen LogP contribution in [0.1, 0.15) is 18.7 Å². The zero-order valence-corrected chi connectivity index (χ0v) is 15.8. The highest BCUT2D eigenvalue weighted by molar-refractivity contribution is 5.86. The van der Waals surface area contributed by atoms with Gasteiger partial charge in [0.25, 0.3) is 0 Å². The second kappa shape index (κ2) is 8.27. The first-order valence-electron chi connectivity index (χ1n) is 9.65. The van der Waals surface area contributed by atoms with Crippen molar-refractivity contribution in [3.05, 3.63) is 60.4 Å². The number of benzene rings is 2. The Morgan fingerprint density at radius 3 is 2.25 bits per heavy atom. The van der Waals surface area contributed by atoms with Crippen molar-refractivity contribution in [2.24, 2.45) is 5.92 Å². The van der Waals surface area contributed by atoms with E-state index in [0.717, 1.165) is 43.7 Å². The summed E-state index contributed by atoms with van der Waals surface area (Å²) in [6.07, 6.45) is 3.05. The molecule has 0 amide bonds. The number of nitrogen functional groups attached to an aromatic ring is 2. The van der Waals surface area contributed by atoms with Crippen molar-refractivity contribution in [3.63, 3.8) is 0 Å². The highest BCUT2D eigenvalue weighted by Crippen LogP contribution is 2.38. The Hall–Kier alpha value is -3.12. The Labute approximate surface area is 165 Å². The number of piperidine rings is 1. The lowest BCUT2D eigenvalue weighted by atomic mass is 9.94. The van der Waals surface area contributed by atoms with Crippen LogP contribution in [0, 0.1) is 5.92 Å². The normalized spacial score (nSPS) is 14.7. The molecule has 0 atom stereocenters. The monoisotopic (exact) mass is 375 g/mol. The van der Waals surface area contributed by atoms with E-state index in [1.165, 1.54) is 0 Å². The molecule has 3 aromatic rings.